The second-order valence-electron chi connectivity index (χ2n) is 8.69. The molecule has 1 saturated carbocycles. The molecule has 2 amide bonds. The Labute approximate surface area is 173 Å². The largest absolute Gasteiger partial charge is 0.351 e. The van der Waals surface area contributed by atoms with E-state index in [1.165, 1.54) is 12.0 Å². The van der Waals surface area contributed by atoms with E-state index in [9.17, 15) is 9.59 Å². The van der Waals surface area contributed by atoms with E-state index in [2.05, 4.69) is 31.3 Å². The Morgan fingerprint density at radius 3 is 2.24 bits per heavy atom. The number of anilines is 1. The topological polar surface area (TPSA) is 49.4 Å². The van der Waals surface area contributed by atoms with Crippen molar-refractivity contribution in [3.8, 4) is 0 Å². The smallest absolute Gasteiger partial charge is 0.251 e. The third-order valence-electron chi connectivity index (χ3n) is 6.42. The molecule has 0 unspecified atom stereocenters. The van der Waals surface area contributed by atoms with E-state index in [1.807, 2.05) is 42.5 Å². The Bertz CT molecular complexity index is 869. The zero-order chi connectivity index (χ0) is 20.4. The lowest BCUT2D eigenvalue weighted by atomic mass is 9.75. The number of hydrogen-bond donors (Lipinski definition) is 1. The van der Waals surface area contributed by atoms with Gasteiger partial charge in [0.1, 0.15) is 0 Å². The Morgan fingerprint density at radius 1 is 1.00 bits per heavy atom. The van der Waals surface area contributed by atoms with Gasteiger partial charge in [-0.25, -0.2) is 0 Å². The van der Waals surface area contributed by atoms with Crippen LogP contribution in [-0.2, 0) is 15.1 Å². The van der Waals surface area contributed by atoms with Crippen molar-refractivity contribution in [1.82, 2.24) is 5.32 Å². The highest BCUT2D eigenvalue weighted by atomic mass is 16.2. The van der Waals surface area contributed by atoms with Gasteiger partial charge in [-0.3, -0.25) is 14.5 Å². The van der Waals surface area contributed by atoms with E-state index < -0.39 is 5.54 Å². The van der Waals surface area contributed by atoms with E-state index in [1.54, 1.807) is 4.90 Å². The Balaban J connectivity index is 1.72. The van der Waals surface area contributed by atoms with E-state index in [0.29, 0.717) is 5.92 Å². The van der Waals surface area contributed by atoms with Crippen LogP contribution in [0.2, 0.25) is 0 Å². The van der Waals surface area contributed by atoms with Crippen molar-refractivity contribution in [2.75, 3.05) is 4.90 Å². The molecular formula is C25H30N2O2. The van der Waals surface area contributed by atoms with Gasteiger partial charge in [0.25, 0.3) is 5.91 Å². The predicted molar refractivity (Wildman–Crippen MR) is 116 cm³/mol. The van der Waals surface area contributed by atoms with Crippen LogP contribution < -0.4 is 10.2 Å². The molecular weight excluding hydrogens is 360 g/mol. The lowest BCUT2D eigenvalue weighted by Crippen LogP contribution is -2.69. The standard InChI is InChI=1S/C25H30N2O2/c1-18(2)19-13-15-20(16-14-19)25(24(29)26-21-9-5-3-6-10-21)17-23(28)27(25)22-11-7-4-8-12-22/h4,7-8,11-16,18,21H,3,5-6,9-10,17H2,1-2H3,(H,26,29)/t25-/m1/s1. The average molecular weight is 391 g/mol. The number of carbonyl (C=O) groups is 2. The van der Waals surface area contributed by atoms with Gasteiger partial charge < -0.3 is 5.32 Å². The fourth-order valence-electron chi connectivity index (χ4n) is 4.68. The van der Waals surface area contributed by atoms with Crippen LogP contribution in [0, 0.1) is 0 Å². The van der Waals surface area contributed by atoms with Crippen molar-refractivity contribution in [1.29, 1.82) is 0 Å². The number of benzene rings is 2. The molecule has 2 aromatic rings. The van der Waals surface area contributed by atoms with E-state index in [-0.39, 0.29) is 24.3 Å². The van der Waals surface area contributed by atoms with E-state index >= 15 is 0 Å². The lowest BCUT2D eigenvalue weighted by Gasteiger charge is -2.51. The van der Waals surface area contributed by atoms with Crippen LogP contribution in [0.25, 0.3) is 0 Å². The van der Waals surface area contributed by atoms with Gasteiger partial charge in [0.05, 0.1) is 6.42 Å². The normalized spacial score (nSPS) is 22.4. The Kier molecular flexibility index (Phi) is 5.44. The van der Waals surface area contributed by atoms with Crippen LogP contribution in [0.5, 0.6) is 0 Å². The second-order valence-corrected chi connectivity index (χ2v) is 8.69. The molecule has 4 heteroatoms. The second kappa shape index (κ2) is 8.02. The average Bonchev–Trinajstić information content (AvgIpc) is 2.73. The number of nitrogens with one attached hydrogen (secondary N) is 1. The molecule has 0 spiro atoms. The van der Waals surface area contributed by atoms with Gasteiger partial charge in [-0.1, -0.05) is 75.6 Å². The summed E-state index contributed by atoms with van der Waals surface area (Å²) in [4.78, 5) is 28.1. The zero-order valence-corrected chi connectivity index (χ0v) is 17.4. The molecule has 2 aliphatic rings. The molecule has 4 rings (SSSR count). The summed E-state index contributed by atoms with van der Waals surface area (Å²) in [6.45, 7) is 4.31. The van der Waals surface area contributed by atoms with Crippen molar-refractivity contribution in [2.24, 2.45) is 0 Å². The van der Waals surface area contributed by atoms with Gasteiger partial charge in [0.2, 0.25) is 5.91 Å². The number of nitrogens with zero attached hydrogens (tertiary/aromatic N) is 1. The minimum Gasteiger partial charge on any atom is -0.351 e. The Hall–Kier alpha value is -2.62. The van der Waals surface area contributed by atoms with Crippen LogP contribution in [-0.4, -0.2) is 17.9 Å². The maximum atomic E-state index is 13.7. The molecule has 0 bridgehead atoms. The number of β-lactam (4-membered cyclic amide) rings is 1. The summed E-state index contributed by atoms with van der Waals surface area (Å²) in [7, 11) is 0. The van der Waals surface area contributed by atoms with Gasteiger partial charge in [-0.05, 0) is 42.0 Å². The summed E-state index contributed by atoms with van der Waals surface area (Å²) >= 11 is 0. The first kappa shape index (κ1) is 19.7. The molecule has 1 saturated heterocycles. The first-order valence-electron chi connectivity index (χ1n) is 10.8. The highest BCUT2D eigenvalue weighted by molar-refractivity contribution is 6.13. The molecule has 2 aromatic carbocycles. The number of para-hydroxylation sites is 1. The summed E-state index contributed by atoms with van der Waals surface area (Å²) < 4.78 is 0. The third kappa shape index (κ3) is 3.57. The highest BCUT2D eigenvalue weighted by Crippen LogP contribution is 2.45. The summed E-state index contributed by atoms with van der Waals surface area (Å²) in [5.74, 6) is 0.359. The van der Waals surface area contributed by atoms with Gasteiger partial charge >= 0.3 is 0 Å². The van der Waals surface area contributed by atoms with Gasteiger partial charge in [0.15, 0.2) is 5.54 Å². The van der Waals surface area contributed by atoms with Crippen LogP contribution in [0.4, 0.5) is 5.69 Å². The van der Waals surface area contributed by atoms with Crippen LogP contribution >= 0.6 is 0 Å². The quantitative estimate of drug-likeness (QED) is 0.739. The maximum absolute atomic E-state index is 13.7. The van der Waals surface area contributed by atoms with E-state index in [4.69, 9.17) is 0 Å². The number of carbonyl (C=O) groups excluding carboxylic acids is 2. The third-order valence-corrected chi connectivity index (χ3v) is 6.42. The number of hydrogen-bond acceptors (Lipinski definition) is 2. The molecule has 0 radical (unpaired) electrons. The van der Waals surface area contributed by atoms with Crippen molar-refractivity contribution >= 4 is 17.5 Å². The fourth-order valence-corrected chi connectivity index (χ4v) is 4.68. The summed E-state index contributed by atoms with van der Waals surface area (Å²) in [6.07, 6.45) is 5.80. The van der Waals surface area contributed by atoms with Gasteiger partial charge in [-0.15, -0.1) is 0 Å². The molecule has 152 valence electrons. The molecule has 1 N–H and O–H groups in total. The molecule has 4 nitrogen and oxygen atoms in total. The van der Waals surface area contributed by atoms with Crippen molar-refractivity contribution in [2.45, 2.75) is 69.9 Å². The SMILES string of the molecule is CC(C)c1ccc([C@@]2(C(=O)NC3CCCCC3)CC(=O)N2c2ccccc2)cc1. The molecule has 1 heterocycles. The fraction of sp³-hybridized carbons (Fsp3) is 0.440. The molecule has 0 aromatic heterocycles. The lowest BCUT2D eigenvalue weighted by molar-refractivity contribution is -0.141. The zero-order valence-electron chi connectivity index (χ0n) is 17.4. The summed E-state index contributed by atoms with van der Waals surface area (Å²) in [6, 6.07) is 18.0. The highest BCUT2D eigenvalue weighted by Gasteiger charge is 2.58. The van der Waals surface area contributed by atoms with E-state index in [0.717, 1.165) is 36.9 Å². The summed E-state index contributed by atoms with van der Waals surface area (Å²) in [5.41, 5.74) is 1.92. The Morgan fingerprint density at radius 2 is 1.66 bits per heavy atom. The minimum absolute atomic E-state index is 0.0112. The van der Waals surface area contributed by atoms with Crippen molar-refractivity contribution in [3.63, 3.8) is 0 Å². The molecule has 1 aliphatic heterocycles. The van der Waals surface area contributed by atoms with Gasteiger partial charge in [0, 0.05) is 11.7 Å². The molecule has 1 atom stereocenters. The number of rotatable bonds is 5. The molecule has 1 aliphatic carbocycles. The first-order chi connectivity index (χ1) is 14.0. The van der Waals surface area contributed by atoms with Crippen LogP contribution in [0.3, 0.4) is 0 Å². The van der Waals surface area contributed by atoms with Crippen LogP contribution in [0.15, 0.2) is 54.6 Å². The summed E-state index contributed by atoms with van der Waals surface area (Å²) in [5, 5.41) is 3.28. The predicted octanol–water partition coefficient (Wildman–Crippen LogP) is 4.89. The minimum atomic E-state index is -0.967. The number of amides is 2. The molecule has 29 heavy (non-hydrogen) atoms. The van der Waals surface area contributed by atoms with Crippen molar-refractivity contribution in [3.05, 3.63) is 65.7 Å². The monoisotopic (exact) mass is 390 g/mol. The molecule has 2 fully saturated rings. The van der Waals surface area contributed by atoms with Gasteiger partial charge in [-0.2, -0.15) is 0 Å². The van der Waals surface area contributed by atoms with Crippen LogP contribution in [0.1, 0.15) is 69.4 Å². The van der Waals surface area contributed by atoms with Crippen molar-refractivity contribution < 1.29 is 9.59 Å². The maximum Gasteiger partial charge on any atom is 0.251 e. The first-order valence-corrected chi connectivity index (χ1v) is 10.8.